The lowest BCUT2D eigenvalue weighted by Crippen LogP contribution is -2.15. The number of nitrogens with zero attached hydrogens (tertiary/aromatic N) is 1. The van der Waals surface area contributed by atoms with Gasteiger partial charge in [-0.25, -0.2) is 0 Å². The molecular formula is C13H20N2O3. The molecule has 1 rings (SSSR count). The van der Waals surface area contributed by atoms with Crippen LogP contribution in [0.25, 0.3) is 0 Å². The van der Waals surface area contributed by atoms with Crippen molar-refractivity contribution in [2.75, 3.05) is 13.2 Å². The molecule has 0 fully saturated rings. The Labute approximate surface area is 107 Å². The first-order valence-electron chi connectivity index (χ1n) is 6.21. The molecule has 0 amide bonds. The lowest BCUT2D eigenvalue weighted by molar-refractivity contribution is -0.385. The van der Waals surface area contributed by atoms with Gasteiger partial charge in [-0.2, -0.15) is 0 Å². The molecule has 0 unspecified atom stereocenters. The van der Waals surface area contributed by atoms with Crippen molar-refractivity contribution in [1.29, 1.82) is 0 Å². The molecule has 0 radical (unpaired) electrons. The van der Waals surface area contributed by atoms with Crippen molar-refractivity contribution >= 4 is 5.69 Å². The zero-order valence-corrected chi connectivity index (χ0v) is 10.7. The number of hydrogen-bond donors (Lipinski definition) is 2. The van der Waals surface area contributed by atoms with Crippen LogP contribution in [-0.4, -0.2) is 23.2 Å². The summed E-state index contributed by atoms with van der Waals surface area (Å²) in [6.07, 6.45) is 2.84. The van der Waals surface area contributed by atoms with Gasteiger partial charge in [0.25, 0.3) is 5.69 Å². The topological polar surface area (TPSA) is 75.4 Å². The lowest BCUT2D eigenvalue weighted by atomic mass is 10.1. The van der Waals surface area contributed by atoms with Gasteiger partial charge in [-0.15, -0.1) is 0 Å². The largest absolute Gasteiger partial charge is 0.396 e. The minimum absolute atomic E-state index is 0.176. The summed E-state index contributed by atoms with van der Waals surface area (Å²) in [6.45, 7) is 3.53. The molecule has 0 aliphatic carbocycles. The second-order valence-corrected chi connectivity index (χ2v) is 4.28. The molecule has 0 aromatic heterocycles. The number of nitrogens with one attached hydrogen (secondary N) is 1. The second kappa shape index (κ2) is 7.79. The average Bonchev–Trinajstić information content (AvgIpc) is 2.35. The van der Waals surface area contributed by atoms with Crippen LogP contribution in [-0.2, 0) is 6.54 Å². The highest BCUT2D eigenvalue weighted by atomic mass is 16.6. The van der Waals surface area contributed by atoms with E-state index >= 15 is 0 Å². The molecule has 0 aliphatic heterocycles. The van der Waals surface area contributed by atoms with Crippen LogP contribution in [0, 0.1) is 17.0 Å². The number of rotatable bonds is 8. The van der Waals surface area contributed by atoms with Gasteiger partial charge >= 0.3 is 0 Å². The maximum Gasteiger partial charge on any atom is 0.272 e. The van der Waals surface area contributed by atoms with Gasteiger partial charge in [0.1, 0.15) is 0 Å². The lowest BCUT2D eigenvalue weighted by Gasteiger charge is -2.07. The van der Waals surface area contributed by atoms with Crippen molar-refractivity contribution in [3.63, 3.8) is 0 Å². The summed E-state index contributed by atoms with van der Waals surface area (Å²) in [5.74, 6) is 0. The van der Waals surface area contributed by atoms with E-state index in [-0.39, 0.29) is 17.2 Å². The van der Waals surface area contributed by atoms with Crippen LogP contribution >= 0.6 is 0 Å². The molecule has 0 bridgehead atoms. The summed E-state index contributed by atoms with van der Waals surface area (Å²) in [4.78, 5) is 10.4. The fraction of sp³-hybridized carbons (Fsp3) is 0.538. The Balaban J connectivity index is 2.43. The summed E-state index contributed by atoms with van der Waals surface area (Å²) in [5, 5.41) is 22.7. The van der Waals surface area contributed by atoms with Crippen molar-refractivity contribution in [3.05, 3.63) is 39.4 Å². The highest BCUT2D eigenvalue weighted by Crippen LogP contribution is 2.20. The summed E-state index contributed by atoms with van der Waals surface area (Å²) < 4.78 is 0. The molecule has 0 atom stereocenters. The fourth-order valence-corrected chi connectivity index (χ4v) is 1.82. The van der Waals surface area contributed by atoms with E-state index in [1.165, 1.54) is 6.07 Å². The number of aliphatic hydroxyl groups excluding tert-OH is 1. The molecule has 2 N–H and O–H groups in total. The van der Waals surface area contributed by atoms with E-state index in [1.807, 2.05) is 6.07 Å². The third-order valence-corrected chi connectivity index (χ3v) is 2.94. The standard InChI is InChI=1S/C13H20N2O3/c1-11-12(6-5-7-13(11)15(17)18)10-14-8-3-2-4-9-16/h5-7,14,16H,2-4,8-10H2,1H3. The Hall–Kier alpha value is -1.46. The van der Waals surface area contributed by atoms with Crippen LogP contribution in [0.5, 0.6) is 0 Å². The van der Waals surface area contributed by atoms with E-state index in [4.69, 9.17) is 5.11 Å². The molecule has 0 saturated carbocycles. The minimum Gasteiger partial charge on any atom is -0.396 e. The van der Waals surface area contributed by atoms with Crippen LogP contribution in [0.15, 0.2) is 18.2 Å². The number of unbranched alkanes of at least 4 members (excludes halogenated alkanes) is 2. The first kappa shape index (κ1) is 14.6. The Morgan fingerprint density at radius 2 is 2.11 bits per heavy atom. The van der Waals surface area contributed by atoms with Crippen LogP contribution in [0.4, 0.5) is 5.69 Å². The molecule has 1 aromatic carbocycles. The Morgan fingerprint density at radius 1 is 1.33 bits per heavy atom. The summed E-state index contributed by atoms with van der Waals surface area (Å²) in [6, 6.07) is 5.15. The van der Waals surface area contributed by atoms with E-state index in [0.29, 0.717) is 6.54 Å². The maximum absolute atomic E-state index is 10.8. The van der Waals surface area contributed by atoms with Gasteiger partial charge in [0.05, 0.1) is 4.92 Å². The molecular weight excluding hydrogens is 232 g/mol. The number of benzene rings is 1. The first-order chi connectivity index (χ1) is 8.66. The van der Waals surface area contributed by atoms with E-state index in [9.17, 15) is 10.1 Å². The molecule has 0 spiro atoms. The monoisotopic (exact) mass is 252 g/mol. The van der Waals surface area contributed by atoms with Crippen LogP contribution in [0.1, 0.15) is 30.4 Å². The van der Waals surface area contributed by atoms with Crippen molar-refractivity contribution < 1.29 is 10.0 Å². The predicted molar refractivity (Wildman–Crippen MR) is 70.5 cm³/mol. The van der Waals surface area contributed by atoms with Gasteiger partial charge in [0, 0.05) is 24.8 Å². The summed E-state index contributed by atoms with van der Waals surface area (Å²) in [5.41, 5.74) is 1.87. The van der Waals surface area contributed by atoms with Crippen LogP contribution in [0.3, 0.4) is 0 Å². The third kappa shape index (κ3) is 4.43. The van der Waals surface area contributed by atoms with Gasteiger partial charge in [-0.3, -0.25) is 10.1 Å². The highest BCUT2D eigenvalue weighted by molar-refractivity contribution is 5.44. The van der Waals surface area contributed by atoms with Crippen molar-refractivity contribution in [2.45, 2.75) is 32.7 Å². The van der Waals surface area contributed by atoms with Crippen LogP contribution in [0.2, 0.25) is 0 Å². The number of nitro groups is 1. The van der Waals surface area contributed by atoms with E-state index < -0.39 is 0 Å². The Bertz CT molecular complexity index is 394. The van der Waals surface area contributed by atoms with E-state index in [0.717, 1.165) is 36.9 Å². The quantitative estimate of drug-likeness (QED) is 0.422. The number of hydrogen-bond acceptors (Lipinski definition) is 4. The Morgan fingerprint density at radius 3 is 2.78 bits per heavy atom. The number of aliphatic hydroxyl groups is 1. The van der Waals surface area contributed by atoms with Crippen LogP contribution < -0.4 is 5.32 Å². The van der Waals surface area contributed by atoms with Gasteiger partial charge in [0.15, 0.2) is 0 Å². The van der Waals surface area contributed by atoms with Gasteiger partial charge < -0.3 is 10.4 Å². The predicted octanol–water partition coefficient (Wildman–Crippen LogP) is 2.16. The molecule has 0 aliphatic rings. The molecule has 1 aromatic rings. The molecule has 0 heterocycles. The highest BCUT2D eigenvalue weighted by Gasteiger charge is 2.12. The SMILES string of the molecule is Cc1c(CNCCCCCO)cccc1[N+](=O)[O-]. The smallest absolute Gasteiger partial charge is 0.272 e. The minimum atomic E-state index is -0.347. The molecule has 0 saturated heterocycles. The average molecular weight is 252 g/mol. The normalized spacial score (nSPS) is 10.6. The van der Waals surface area contributed by atoms with Crippen molar-refractivity contribution in [1.82, 2.24) is 5.32 Å². The Kier molecular flexibility index (Phi) is 6.32. The molecule has 100 valence electrons. The molecule has 5 nitrogen and oxygen atoms in total. The summed E-state index contributed by atoms with van der Waals surface area (Å²) >= 11 is 0. The van der Waals surface area contributed by atoms with E-state index in [2.05, 4.69) is 5.32 Å². The number of nitro benzene ring substituents is 1. The fourth-order valence-electron chi connectivity index (χ4n) is 1.82. The molecule has 5 heteroatoms. The van der Waals surface area contributed by atoms with Gasteiger partial charge in [-0.1, -0.05) is 12.1 Å². The molecule has 18 heavy (non-hydrogen) atoms. The summed E-state index contributed by atoms with van der Waals surface area (Å²) in [7, 11) is 0. The van der Waals surface area contributed by atoms with Crippen molar-refractivity contribution in [3.8, 4) is 0 Å². The first-order valence-corrected chi connectivity index (χ1v) is 6.21. The van der Waals surface area contributed by atoms with Gasteiger partial charge in [-0.05, 0) is 38.3 Å². The maximum atomic E-state index is 10.8. The zero-order chi connectivity index (χ0) is 13.4. The zero-order valence-electron chi connectivity index (χ0n) is 10.7. The second-order valence-electron chi connectivity index (χ2n) is 4.28. The van der Waals surface area contributed by atoms with Crippen molar-refractivity contribution in [2.24, 2.45) is 0 Å². The van der Waals surface area contributed by atoms with Gasteiger partial charge in [0.2, 0.25) is 0 Å². The third-order valence-electron chi connectivity index (χ3n) is 2.94. The van der Waals surface area contributed by atoms with E-state index in [1.54, 1.807) is 13.0 Å².